The number of nitrogens with zero attached hydrogens (tertiary/aromatic N) is 2. The normalized spacial score (nSPS) is 19.0. The molecule has 15 heavy (non-hydrogen) atoms. The van der Waals surface area contributed by atoms with Gasteiger partial charge < -0.3 is 16.2 Å². The van der Waals surface area contributed by atoms with Crippen molar-refractivity contribution in [2.45, 2.75) is 31.2 Å². The summed E-state index contributed by atoms with van der Waals surface area (Å²) in [6.07, 6.45) is 7.35. The second-order valence-electron chi connectivity index (χ2n) is 4.11. The fraction of sp³-hybridized carbons (Fsp3) is 0.600. The number of aliphatic hydroxyl groups is 1. The summed E-state index contributed by atoms with van der Waals surface area (Å²) in [4.78, 5) is 8.15. The molecule has 0 aromatic carbocycles. The van der Waals surface area contributed by atoms with E-state index < -0.39 is 0 Å². The Balaban J connectivity index is 2.09. The van der Waals surface area contributed by atoms with E-state index in [-0.39, 0.29) is 12.1 Å². The van der Waals surface area contributed by atoms with Crippen molar-refractivity contribution < 1.29 is 5.11 Å². The van der Waals surface area contributed by atoms with E-state index in [0.717, 1.165) is 25.7 Å². The smallest absolute Gasteiger partial charge is 0.223 e. The van der Waals surface area contributed by atoms with Gasteiger partial charge in [-0.2, -0.15) is 0 Å². The van der Waals surface area contributed by atoms with Crippen molar-refractivity contribution in [3.05, 3.63) is 12.4 Å². The van der Waals surface area contributed by atoms with Gasteiger partial charge in [0.25, 0.3) is 0 Å². The van der Waals surface area contributed by atoms with E-state index in [1.54, 1.807) is 12.4 Å². The van der Waals surface area contributed by atoms with Gasteiger partial charge in [-0.05, 0) is 12.8 Å². The topological polar surface area (TPSA) is 84.1 Å². The van der Waals surface area contributed by atoms with E-state index in [4.69, 9.17) is 5.73 Å². The van der Waals surface area contributed by atoms with Gasteiger partial charge in [-0.15, -0.1) is 0 Å². The Bertz CT molecular complexity index is 319. The third-order valence-corrected chi connectivity index (χ3v) is 2.91. The highest BCUT2D eigenvalue weighted by Crippen LogP contribution is 2.31. The molecule has 2 rings (SSSR count). The van der Waals surface area contributed by atoms with Crippen molar-refractivity contribution in [1.82, 2.24) is 9.97 Å². The molecule has 5 heteroatoms. The van der Waals surface area contributed by atoms with Crippen LogP contribution in [-0.2, 0) is 0 Å². The first-order chi connectivity index (χ1) is 7.24. The van der Waals surface area contributed by atoms with Crippen LogP contribution in [0.5, 0.6) is 0 Å². The zero-order valence-corrected chi connectivity index (χ0v) is 8.61. The van der Waals surface area contributed by atoms with E-state index in [1.807, 2.05) is 0 Å². The molecule has 4 N–H and O–H groups in total. The van der Waals surface area contributed by atoms with Crippen LogP contribution in [0, 0.1) is 0 Å². The van der Waals surface area contributed by atoms with Crippen LogP contribution in [0.2, 0.25) is 0 Å². The second kappa shape index (κ2) is 4.02. The fourth-order valence-electron chi connectivity index (χ4n) is 2.01. The zero-order valence-electron chi connectivity index (χ0n) is 8.61. The summed E-state index contributed by atoms with van der Waals surface area (Å²) in [6.45, 7) is 0.126. The highest BCUT2D eigenvalue weighted by molar-refractivity contribution is 5.37. The molecular formula is C10H16N4O. The van der Waals surface area contributed by atoms with Gasteiger partial charge in [0.05, 0.1) is 30.2 Å². The third kappa shape index (κ3) is 2.18. The standard InChI is InChI=1S/C10H16N4O/c11-8-5-12-9(13-6-8)14-10(7-15)3-1-2-4-10/h5-6,15H,1-4,7,11H2,(H,12,13,14). The molecule has 82 valence electrons. The Hall–Kier alpha value is -1.36. The Morgan fingerprint density at radius 2 is 1.93 bits per heavy atom. The lowest BCUT2D eigenvalue weighted by Crippen LogP contribution is -2.39. The number of anilines is 2. The molecule has 1 fully saturated rings. The van der Waals surface area contributed by atoms with Crippen molar-refractivity contribution in [1.29, 1.82) is 0 Å². The van der Waals surface area contributed by atoms with E-state index in [2.05, 4.69) is 15.3 Å². The van der Waals surface area contributed by atoms with Gasteiger partial charge in [0.1, 0.15) is 0 Å². The van der Waals surface area contributed by atoms with Crippen molar-refractivity contribution in [2.24, 2.45) is 0 Å². The van der Waals surface area contributed by atoms with Crippen molar-refractivity contribution in [3.63, 3.8) is 0 Å². The van der Waals surface area contributed by atoms with Crippen LogP contribution in [0.15, 0.2) is 12.4 Å². The highest BCUT2D eigenvalue weighted by atomic mass is 16.3. The number of hydrogen-bond donors (Lipinski definition) is 3. The summed E-state index contributed by atoms with van der Waals surface area (Å²) in [6, 6.07) is 0. The zero-order chi connectivity index (χ0) is 10.7. The number of nitrogens with two attached hydrogens (primary N) is 1. The van der Waals surface area contributed by atoms with E-state index >= 15 is 0 Å². The average molecular weight is 208 g/mol. The molecule has 0 amide bonds. The van der Waals surface area contributed by atoms with Gasteiger partial charge in [-0.25, -0.2) is 9.97 Å². The van der Waals surface area contributed by atoms with E-state index in [0.29, 0.717) is 11.6 Å². The maximum Gasteiger partial charge on any atom is 0.223 e. The van der Waals surface area contributed by atoms with Gasteiger partial charge in [0, 0.05) is 0 Å². The van der Waals surface area contributed by atoms with Crippen LogP contribution in [0.4, 0.5) is 11.6 Å². The van der Waals surface area contributed by atoms with Crippen LogP contribution in [0.25, 0.3) is 0 Å². The molecular weight excluding hydrogens is 192 g/mol. The molecule has 0 spiro atoms. The maximum absolute atomic E-state index is 9.39. The molecule has 0 unspecified atom stereocenters. The van der Waals surface area contributed by atoms with Gasteiger partial charge >= 0.3 is 0 Å². The Morgan fingerprint density at radius 1 is 1.33 bits per heavy atom. The van der Waals surface area contributed by atoms with Crippen LogP contribution >= 0.6 is 0 Å². The van der Waals surface area contributed by atoms with Crippen LogP contribution in [0.1, 0.15) is 25.7 Å². The van der Waals surface area contributed by atoms with Crippen LogP contribution < -0.4 is 11.1 Å². The minimum Gasteiger partial charge on any atom is -0.396 e. The average Bonchev–Trinajstić information content (AvgIpc) is 2.71. The first-order valence-corrected chi connectivity index (χ1v) is 5.21. The summed E-state index contributed by atoms with van der Waals surface area (Å²) in [5, 5.41) is 12.6. The van der Waals surface area contributed by atoms with Crippen LogP contribution in [-0.4, -0.2) is 27.2 Å². The molecule has 0 aliphatic heterocycles. The summed E-state index contributed by atoms with van der Waals surface area (Å²) in [7, 11) is 0. The predicted octanol–water partition coefficient (Wildman–Crippen LogP) is 0.776. The predicted molar refractivity (Wildman–Crippen MR) is 58.4 cm³/mol. The van der Waals surface area contributed by atoms with Gasteiger partial charge in [0.2, 0.25) is 5.95 Å². The highest BCUT2D eigenvalue weighted by Gasteiger charge is 2.33. The van der Waals surface area contributed by atoms with Gasteiger partial charge in [0.15, 0.2) is 0 Å². The summed E-state index contributed by atoms with van der Waals surface area (Å²) in [5.74, 6) is 0.542. The molecule has 1 aliphatic carbocycles. The van der Waals surface area contributed by atoms with Gasteiger partial charge in [-0.1, -0.05) is 12.8 Å². The molecule has 1 aromatic heterocycles. The Labute approximate surface area is 88.7 Å². The van der Waals surface area contributed by atoms with Crippen LogP contribution in [0.3, 0.4) is 0 Å². The number of aromatic nitrogens is 2. The lowest BCUT2D eigenvalue weighted by atomic mass is 9.99. The summed E-state index contributed by atoms with van der Waals surface area (Å²) in [5.41, 5.74) is 5.82. The number of aliphatic hydroxyl groups excluding tert-OH is 1. The SMILES string of the molecule is Nc1cnc(NC2(CO)CCCC2)nc1. The largest absolute Gasteiger partial charge is 0.396 e. The van der Waals surface area contributed by atoms with E-state index in [1.165, 1.54) is 0 Å². The molecule has 5 nitrogen and oxygen atoms in total. The first kappa shape index (κ1) is 10.2. The number of hydrogen-bond acceptors (Lipinski definition) is 5. The molecule has 0 saturated heterocycles. The number of nitrogens with one attached hydrogen (secondary N) is 1. The monoisotopic (exact) mass is 208 g/mol. The molecule has 1 aliphatic rings. The van der Waals surface area contributed by atoms with E-state index in [9.17, 15) is 5.11 Å². The number of rotatable bonds is 3. The first-order valence-electron chi connectivity index (χ1n) is 5.21. The quantitative estimate of drug-likeness (QED) is 0.683. The molecule has 1 heterocycles. The van der Waals surface area contributed by atoms with Gasteiger partial charge in [-0.3, -0.25) is 0 Å². The molecule has 1 aromatic rings. The maximum atomic E-state index is 9.39. The van der Waals surface area contributed by atoms with Crippen molar-refractivity contribution in [2.75, 3.05) is 17.7 Å². The molecule has 0 atom stereocenters. The number of nitrogen functional groups attached to an aromatic ring is 1. The summed E-state index contributed by atoms with van der Waals surface area (Å²) >= 11 is 0. The minimum absolute atomic E-state index is 0.126. The fourth-order valence-corrected chi connectivity index (χ4v) is 2.01. The molecule has 0 bridgehead atoms. The second-order valence-corrected chi connectivity index (χ2v) is 4.11. The lowest BCUT2D eigenvalue weighted by Gasteiger charge is -2.27. The van der Waals surface area contributed by atoms with Crippen molar-refractivity contribution in [3.8, 4) is 0 Å². The summed E-state index contributed by atoms with van der Waals surface area (Å²) < 4.78 is 0. The Morgan fingerprint density at radius 3 is 2.47 bits per heavy atom. The third-order valence-electron chi connectivity index (χ3n) is 2.91. The Kier molecular flexibility index (Phi) is 2.73. The lowest BCUT2D eigenvalue weighted by molar-refractivity contribution is 0.213. The van der Waals surface area contributed by atoms with Crippen molar-refractivity contribution >= 4 is 11.6 Å². The molecule has 0 radical (unpaired) electrons. The molecule has 1 saturated carbocycles. The minimum atomic E-state index is -0.226.